The molecule has 0 unspecified atom stereocenters. The Morgan fingerprint density at radius 1 is 0.296 bits per heavy atom. The van der Waals surface area contributed by atoms with E-state index in [1.165, 1.54) is 98.7 Å². The fraction of sp³-hybridized carbons (Fsp3) is 0.0303. The molecule has 0 amide bonds. The zero-order chi connectivity index (χ0) is 44.8. The average molecular weight is 1030 g/mol. The molecule has 0 aromatic heterocycles. The van der Waals surface area contributed by atoms with Crippen LogP contribution in [0.1, 0.15) is 12.0 Å². The van der Waals surface area contributed by atoms with Crippen LogP contribution in [0.3, 0.4) is 0 Å². The molecule has 11 rings (SSSR count). The minimum Gasteiger partial charge on any atom is -0.272 e. The number of allylic oxidation sites excluding steroid dienone is 4. The van der Waals surface area contributed by atoms with Crippen LogP contribution < -0.4 is 15.6 Å². The molecule has 1 aliphatic rings. The second-order valence-electron chi connectivity index (χ2n) is 17.5. The predicted octanol–water partition coefficient (Wildman–Crippen LogP) is 16.3. The zero-order valence-corrected chi connectivity index (χ0v) is 44.1. The van der Waals surface area contributed by atoms with Gasteiger partial charge in [-0.3, -0.25) is 6.08 Å². The second-order valence-corrected chi connectivity index (χ2v) is 21.2. The Morgan fingerprint density at radius 3 is 0.789 bits per heavy atom. The molecule has 5 heteroatoms. The summed E-state index contributed by atoms with van der Waals surface area (Å²) in [6.07, 6.45) is 8.23. The molecule has 10 aromatic rings. The van der Waals surface area contributed by atoms with Gasteiger partial charge in [0, 0.05) is 21.7 Å². The van der Waals surface area contributed by atoms with Crippen molar-refractivity contribution in [2.24, 2.45) is 0 Å². The monoisotopic (exact) mass is 1030 g/mol. The second kappa shape index (κ2) is 24.1. The van der Waals surface area contributed by atoms with Crippen molar-refractivity contribution in [2.75, 3.05) is 0 Å². The van der Waals surface area contributed by atoms with Crippen molar-refractivity contribution in [1.82, 2.24) is 0 Å². The summed E-state index contributed by atoms with van der Waals surface area (Å²) in [6, 6.07) is 99.1. The summed E-state index contributed by atoms with van der Waals surface area (Å²) >= 11 is 0. The van der Waals surface area contributed by atoms with E-state index in [-0.39, 0.29) is 58.9 Å². The van der Waals surface area contributed by atoms with Gasteiger partial charge in [0.25, 0.3) is 0 Å². The molecule has 0 heterocycles. The van der Waals surface area contributed by atoms with Crippen LogP contribution in [0.15, 0.2) is 284 Å². The van der Waals surface area contributed by atoms with E-state index in [2.05, 4.69) is 279 Å². The summed E-state index contributed by atoms with van der Waals surface area (Å²) in [5.74, 6) is 0. The van der Waals surface area contributed by atoms with Crippen LogP contribution in [0.5, 0.6) is 0 Å². The topological polar surface area (TPSA) is 0 Å². The van der Waals surface area contributed by atoms with Crippen molar-refractivity contribution in [3.8, 4) is 66.8 Å². The third-order valence-corrected chi connectivity index (χ3v) is 18.0. The molecule has 0 atom stereocenters. The molecule has 0 saturated heterocycles. The Morgan fingerprint density at radius 2 is 0.535 bits per heavy atom. The fourth-order valence-corrected chi connectivity index (χ4v) is 15.2. The summed E-state index contributed by atoms with van der Waals surface area (Å²) in [6.45, 7) is 0. The normalized spacial score (nSPS) is 11.7. The first-order valence-corrected chi connectivity index (χ1v) is 25.3. The minimum atomic E-state index is -3.46. The summed E-state index contributed by atoms with van der Waals surface area (Å²) in [5, 5.41) is 5.30. The van der Waals surface area contributed by atoms with Crippen LogP contribution in [0, 0.1) is 6.08 Å². The summed E-state index contributed by atoms with van der Waals surface area (Å²) < 4.78 is 0. The molecule has 0 N–H and O–H groups in total. The van der Waals surface area contributed by atoms with Crippen molar-refractivity contribution in [2.45, 2.75) is 12.8 Å². The van der Waals surface area contributed by atoms with E-state index >= 15 is 0 Å². The van der Waals surface area contributed by atoms with Gasteiger partial charge in [-0.05, 0) is 101 Å². The van der Waals surface area contributed by atoms with Gasteiger partial charge >= 0.3 is 0 Å². The molecule has 0 bridgehead atoms. The van der Waals surface area contributed by atoms with Gasteiger partial charge < -0.3 is 0 Å². The van der Waals surface area contributed by atoms with Gasteiger partial charge in [0.05, 0.1) is 0 Å². The first kappa shape index (κ1) is 52.3. The van der Waals surface area contributed by atoms with Gasteiger partial charge in [-0.1, -0.05) is 261 Å². The number of hydrogen-bond donors (Lipinski definition) is 0. The van der Waals surface area contributed by atoms with Crippen LogP contribution >= 0.6 is 37.2 Å². The number of hydrogen-bond acceptors (Lipinski definition) is 0. The van der Waals surface area contributed by atoms with Crippen LogP contribution in [-0.4, -0.2) is 8.07 Å². The van der Waals surface area contributed by atoms with Crippen molar-refractivity contribution in [3.63, 3.8) is 0 Å². The maximum absolute atomic E-state index is 4.20. The molecule has 10 aromatic carbocycles. The fourth-order valence-electron chi connectivity index (χ4n) is 10.1. The summed E-state index contributed by atoms with van der Waals surface area (Å²) in [7, 11) is -3.46. The first-order valence-electron chi connectivity index (χ1n) is 23.3. The average Bonchev–Trinajstić information content (AvgIpc) is 3.88. The Labute approximate surface area is 454 Å². The van der Waals surface area contributed by atoms with Crippen molar-refractivity contribution < 1.29 is 21.7 Å². The van der Waals surface area contributed by atoms with E-state index in [0.29, 0.717) is 0 Å². The zero-order valence-electron chi connectivity index (χ0n) is 39.1. The number of rotatable bonds is 12. The van der Waals surface area contributed by atoms with Crippen LogP contribution in [-0.2, 0) is 28.1 Å². The molecule has 0 fully saturated rings. The largest absolute Gasteiger partial charge is 0.272 e. The third kappa shape index (κ3) is 11.0. The predicted molar refractivity (Wildman–Crippen MR) is 308 cm³/mol. The maximum atomic E-state index is 4.20. The molecular formula is C66H52Cl3SiTi-. The number of halogens is 3. The summed E-state index contributed by atoms with van der Waals surface area (Å²) in [4.78, 5) is 0. The quantitative estimate of drug-likeness (QED) is 0.0650. The molecular weight excluding hydrogens is 975 g/mol. The SMILES string of the molecule is Cl.Cl.Cl.[C-]1=C([Si](c2cc(-c3ccccc3)cc(-c3ccccc3)c2)(c2cc(-c3ccccc3)cc(-c3ccccc3)c2)c2cc(-c3ccccc3)cc(-c3ccccc3)c2)C(Cc2ccccc2)=CC1.[Ti]. The summed E-state index contributed by atoms with van der Waals surface area (Å²) in [5.41, 5.74) is 17.0. The van der Waals surface area contributed by atoms with Crippen LogP contribution in [0.25, 0.3) is 66.8 Å². The minimum absolute atomic E-state index is 0. The molecule has 0 aliphatic heterocycles. The van der Waals surface area contributed by atoms with E-state index in [0.717, 1.165) is 12.8 Å². The Bertz CT molecular complexity index is 2890. The Kier molecular flexibility index (Phi) is 17.7. The van der Waals surface area contributed by atoms with Crippen LogP contribution in [0.4, 0.5) is 0 Å². The first-order chi connectivity index (χ1) is 33.2. The number of benzene rings is 10. The van der Waals surface area contributed by atoms with E-state index in [9.17, 15) is 0 Å². The molecule has 0 saturated carbocycles. The standard InChI is InChI=1S/C66H49Si.3ClH.Ti/c1-8-23-49(24-9-1)39-56-37-22-38-66(56)67(63-43-57(50-25-10-2-11-26-50)40-58(44-63)51-27-12-3-13-28-51,64-45-59(52-29-14-4-15-30-52)41-60(46-64)53-31-16-5-17-32-53)65-47-61(54-33-18-6-19-34-54)42-62(48-65)55-35-20-7-21-36-55;;;;/h1-21,23-37,40-48H,22,39H2;3*1H;/q-1;;;;. The van der Waals surface area contributed by atoms with Gasteiger partial charge in [0.2, 0.25) is 0 Å². The van der Waals surface area contributed by atoms with E-state index < -0.39 is 8.07 Å². The van der Waals surface area contributed by atoms with Crippen LogP contribution in [0.2, 0.25) is 0 Å². The van der Waals surface area contributed by atoms with Gasteiger partial charge in [-0.15, -0.1) is 43.6 Å². The van der Waals surface area contributed by atoms with Gasteiger partial charge in [-0.2, -0.15) is 11.6 Å². The van der Waals surface area contributed by atoms with Gasteiger partial charge in [-0.25, -0.2) is 5.20 Å². The smallest absolute Gasteiger partial charge is 0.144 e. The van der Waals surface area contributed by atoms with E-state index in [4.69, 9.17) is 0 Å². The molecule has 0 nitrogen and oxygen atoms in total. The Hall–Kier alpha value is -6.52. The van der Waals surface area contributed by atoms with Crippen molar-refractivity contribution in [3.05, 3.63) is 295 Å². The molecule has 0 spiro atoms. The molecule has 0 radical (unpaired) electrons. The molecule has 71 heavy (non-hydrogen) atoms. The third-order valence-electron chi connectivity index (χ3n) is 13.3. The Balaban J connectivity index is 0.00000185. The molecule has 1 aliphatic carbocycles. The van der Waals surface area contributed by atoms with Crippen molar-refractivity contribution in [1.29, 1.82) is 0 Å². The molecule has 346 valence electrons. The maximum Gasteiger partial charge on any atom is 0.144 e. The van der Waals surface area contributed by atoms with Gasteiger partial charge in [0.15, 0.2) is 0 Å². The van der Waals surface area contributed by atoms with Crippen molar-refractivity contribution >= 4 is 60.9 Å². The van der Waals surface area contributed by atoms with E-state index in [1.807, 2.05) is 0 Å². The van der Waals surface area contributed by atoms with E-state index in [1.54, 1.807) is 0 Å². The van der Waals surface area contributed by atoms with Gasteiger partial charge in [0.1, 0.15) is 8.07 Å².